The Kier molecular flexibility index (Phi) is 3.55. The van der Waals surface area contributed by atoms with Crippen LogP contribution in [0.3, 0.4) is 0 Å². The van der Waals surface area contributed by atoms with E-state index in [9.17, 15) is 18.0 Å². The number of benzene rings is 1. The fraction of sp³-hybridized carbons (Fsp3) is 0.0714. The molecule has 0 aromatic heterocycles. The number of carbonyl (C=O) groups excluding carboxylic acids is 1. The maximum Gasteiger partial charge on any atom is 0.194 e. The van der Waals surface area contributed by atoms with Crippen molar-refractivity contribution in [3.05, 3.63) is 71.3 Å². The topological polar surface area (TPSA) is 20.3 Å². The summed E-state index contributed by atoms with van der Waals surface area (Å²) in [4.78, 5) is 12.3. The lowest BCUT2D eigenvalue weighted by atomic mass is 10.1. The highest BCUT2D eigenvalue weighted by Crippen LogP contribution is 2.21. The molecule has 19 heavy (non-hydrogen) atoms. The minimum Gasteiger partial charge on any atom is -0.343 e. The number of rotatable bonds is 3. The van der Waals surface area contributed by atoms with Crippen molar-refractivity contribution in [1.29, 1.82) is 0 Å². The van der Waals surface area contributed by atoms with E-state index in [0.29, 0.717) is 17.6 Å². The highest BCUT2D eigenvalue weighted by molar-refractivity contribution is 5.80. The van der Waals surface area contributed by atoms with Gasteiger partial charge < -0.3 is 4.90 Å². The van der Waals surface area contributed by atoms with Crippen LogP contribution in [0.4, 0.5) is 13.2 Å². The predicted octanol–water partition coefficient (Wildman–Crippen LogP) is 3.07. The molecule has 1 aromatic carbocycles. The zero-order valence-corrected chi connectivity index (χ0v) is 9.87. The summed E-state index contributed by atoms with van der Waals surface area (Å²) in [6, 6.07) is 1.83. The van der Waals surface area contributed by atoms with E-state index < -0.39 is 17.5 Å². The van der Waals surface area contributed by atoms with Crippen LogP contribution in [-0.2, 0) is 11.3 Å². The molecule has 2 nitrogen and oxygen atoms in total. The summed E-state index contributed by atoms with van der Waals surface area (Å²) in [6.07, 6.45) is 5.46. The molecule has 1 heterocycles. The lowest BCUT2D eigenvalue weighted by Crippen LogP contribution is -2.19. The minimum absolute atomic E-state index is 0.0919. The SMILES string of the molecule is C=C1C(C=O)=CC=CN1Cc1cc(F)c(F)c(F)c1. The van der Waals surface area contributed by atoms with Crippen molar-refractivity contribution in [3.63, 3.8) is 0 Å². The van der Waals surface area contributed by atoms with Crippen LogP contribution < -0.4 is 0 Å². The lowest BCUT2D eigenvalue weighted by Gasteiger charge is -2.25. The monoisotopic (exact) mass is 265 g/mol. The Morgan fingerprint density at radius 2 is 1.84 bits per heavy atom. The molecule has 1 aliphatic rings. The maximum absolute atomic E-state index is 13.1. The average molecular weight is 265 g/mol. The molecule has 5 heteroatoms. The van der Waals surface area contributed by atoms with Gasteiger partial charge in [0.25, 0.3) is 0 Å². The second-order valence-electron chi connectivity index (χ2n) is 4.03. The third kappa shape index (κ3) is 2.59. The van der Waals surface area contributed by atoms with Gasteiger partial charge in [-0.15, -0.1) is 0 Å². The number of hydrogen-bond acceptors (Lipinski definition) is 2. The zero-order valence-electron chi connectivity index (χ0n) is 9.87. The molecule has 0 aliphatic carbocycles. The van der Waals surface area contributed by atoms with E-state index in [1.807, 2.05) is 0 Å². The van der Waals surface area contributed by atoms with Crippen LogP contribution in [0.5, 0.6) is 0 Å². The number of aldehydes is 1. The first-order valence-electron chi connectivity index (χ1n) is 5.46. The molecule has 98 valence electrons. The third-order valence-corrected chi connectivity index (χ3v) is 2.75. The van der Waals surface area contributed by atoms with Crippen molar-refractivity contribution in [2.75, 3.05) is 0 Å². The van der Waals surface area contributed by atoms with Crippen LogP contribution in [0.2, 0.25) is 0 Å². The van der Waals surface area contributed by atoms with Crippen LogP contribution in [0, 0.1) is 17.5 Å². The number of allylic oxidation sites excluding steroid dienone is 3. The number of carbonyl (C=O) groups is 1. The van der Waals surface area contributed by atoms with E-state index in [0.717, 1.165) is 12.1 Å². The van der Waals surface area contributed by atoms with Crippen molar-refractivity contribution >= 4 is 6.29 Å². The van der Waals surface area contributed by atoms with E-state index in [1.54, 1.807) is 23.3 Å². The van der Waals surface area contributed by atoms with Gasteiger partial charge in [-0.3, -0.25) is 4.79 Å². The Morgan fingerprint density at radius 1 is 1.21 bits per heavy atom. The van der Waals surface area contributed by atoms with Gasteiger partial charge in [-0.25, -0.2) is 13.2 Å². The molecule has 0 radical (unpaired) electrons. The highest BCUT2D eigenvalue weighted by atomic mass is 19.2. The van der Waals surface area contributed by atoms with Crippen LogP contribution in [0.1, 0.15) is 5.56 Å². The smallest absolute Gasteiger partial charge is 0.194 e. The van der Waals surface area contributed by atoms with Gasteiger partial charge in [-0.05, 0) is 29.8 Å². The van der Waals surface area contributed by atoms with Gasteiger partial charge in [0, 0.05) is 24.0 Å². The summed E-state index contributed by atoms with van der Waals surface area (Å²) < 4.78 is 39.0. The van der Waals surface area contributed by atoms with E-state index >= 15 is 0 Å². The van der Waals surface area contributed by atoms with E-state index in [4.69, 9.17) is 0 Å². The highest BCUT2D eigenvalue weighted by Gasteiger charge is 2.15. The second-order valence-corrected chi connectivity index (χ2v) is 4.03. The van der Waals surface area contributed by atoms with Gasteiger partial charge in [0.05, 0.1) is 0 Å². The Labute approximate surface area is 108 Å². The molecule has 1 aromatic rings. The fourth-order valence-electron chi connectivity index (χ4n) is 1.75. The zero-order chi connectivity index (χ0) is 14.0. The molecular weight excluding hydrogens is 255 g/mol. The van der Waals surface area contributed by atoms with Gasteiger partial charge in [-0.1, -0.05) is 6.58 Å². The van der Waals surface area contributed by atoms with Crippen molar-refractivity contribution in [1.82, 2.24) is 4.90 Å². The molecular formula is C14H10F3NO. The summed E-state index contributed by atoms with van der Waals surface area (Å²) in [5, 5.41) is 0. The standard InChI is InChI=1S/C14H10F3NO/c1-9-11(8-19)3-2-4-18(9)7-10-5-12(15)14(17)13(16)6-10/h2-6,8H,1,7H2. The minimum atomic E-state index is -1.50. The molecule has 0 amide bonds. The van der Waals surface area contributed by atoms with Crippen molar-refractivity contribution in [2.24, 2.45) is 0 Å². The first-order valence-corrected chi connectivity index (χ1v) is 5.46. The van der Waals surface area contributed by atoms with Crippen LogP contribution in [0.15, 0.2) is 48.3 Å². The van der Waals surface area contributed by atoms with Crippen LogP contribution in [0.25, 0.3) is 0 Å². The van der Waals surface area contributed by atoms with Gasteiger partial charge in [0.2, 0.25) is 0 Å². The Hall–Kier alpha value is -2.30. The van der Waals surface area contributed by atoms with Crippen molar-refractivity contribution in [3.8, 4) is 0 Å². The van der Waals surface area contributed by atoms with Gasteiger partial charge in [-0.2, -0.15) is 0 Å². The Balaban J connectivity index is 2.23. The van der Waals surface area contributed by atoms with Crippen LogP contribution in [-0.4, -0.2) is 11.2 Å². The number of nitrogens with zero attached hydrogens (tertiary/aromatic N) is 1. The normalized spacial score (nSPS) is 14.6. The summed E-state index contributed by atoms with van der Waals surface area (Å²) >= 11 is 0. The van der Waals surface area contributed by atoms with Crippen LogP contribution >= 0.6 is 0 Å². The van der Waals surface area contributed by atoms with Gasteiger partial charge in [0.1, 0.15) is 0 Å². The molecule has 0 bridgehead atoms. The Morgan fingerprint density at radius 3 is 2.42 bits per heavy atom. The number of halogens is 3. The lowest BCUT2D eigenvalue weighted by molar-refractivity contribution is -0.104. The summed E-state index contributed by atoms with van der Waals surface area (Å²) in [6.45, 7) is 3.81. The first kappa shape index (κ1) is 13.1. The summed E-state index contributed by atoms with van der Waals surface area (Å²) in [7, 11) is 0. The van der Waals surface area contributed by atoms with Gasteiger partial charge >= 0.3 is 0 Å². The van der Waals surface area contributed by atoms with E-state index in [1.165, 1.54) is 0 Å². The predicted molar refractivity (Wildman–Crippen MR) is 64.3 cm³/mol. The first-order chi connectivity index (χ1) is 9.02. The molecule has 2 rings (SSSR count). The van der Waals surface area contributed by atoms with E-state index in [2.05, 4.69) is 6.58 Å². The molecule has 0 saturated heterocycles. The third-order valence-electron chi connectivity index (χ3n) is 2.75. The van der Waals surface area contributed by atoms with E-state index in [-0.39, 0.29) is 12.1 Å². The fourth-order valence-corrected chi connectivity index (χ4v) is 1.75. The molecule has 0 spiro atoms. The second kappa shape index (κ2) is 5.14. The molecule has 0 N–H and O–H groups in total. The molecule has 0 saturated carbocycles. The van der Waals surface area contributed by atoms with Gasteiger partial charge in [0.15, 0.2) is 23.7 Å². The van der Waals surface area contributed by atoms with Crippen molar-refractivity contribution in [2.45, 2.75) is 6.54 Å². The quantitative estimate of drug-likeness (QED) is 0.618. The maximum atomic E-state index is 13.1. The summed E-state index contributed by atoms with van der Waals surface area (Å²) in [5.41, 5.74) is 1.04. The average Bonchev–Trinajstić information content (AvgIpc) is 2.38. The van der Waals surface area contributed by atoms with Crippen molar-refractivity contribution < 1.29 is 18.0 Å². The molecule has 0 unspecified atom stereocenters. The largest absolute Gasteiger partial charge is 0.343 e. The Bertz CT molecular complexity index is 582. The molecule has 0 atom stereocenters. The number of hydrogen-bond donors (Lipinski definition) is 0. The molecule has 0 fully saturated rings. The molecule has 1 aliphatic heterocycles. The summed E-state index contributed by atoms with van der Waals surface area (Å²) in [5.74, 6) is -3.98.